The van der Waals surface area contributed by atoms with Crippen LogP contribution in [0.4, 0.5) is 5.82 Å². The van der Waals surface area contributed by atoms with Gasteiger partial charge < -0.3 is 15.2 Å². The second-order valence-electron chi connectivity index (χ2n) is 4.98. The van der Waals surface area contributed by atoms with Gasteiger partial charge in [0.1, 0.15) is 5.82 Å². The van der Waals surface area contributed by atoms with Crippen molar-refractivity contribution in [2.24, 2.45) is 5.41 Å². The fourth-order valence-corrected chi connectivity index (χ4v) is 2.44. The molecular weight excluding hydrogens is 246 g/mol. The van der Waals surface area contributed by atoms with E-state index in [9.17, 15) is 9.90 Å². The minimum Gasteiger partial charge on any atom is -0.463 e. The molecule has 0 amide bonds. The Balaban J connectivity index is 2.01. The van der Waals surface area contributed by atoms with Crippen LogP contribution >= 0.6 is 0 Å². The maximum atomic E-state index is 11.3. The number of nitrogens with zero attached hydrogens (tertiary/aromatic N) is 2. The number of hydrogen-bond acceptors (Lipinski definition) is 6. The molecule has 1 saturated carbocycles. The number of aromatic nitrogens is 2. The Morgan fingerprint density at radius 3 is 2.89 bits per heavy atom. The lowest BCUT2D eigenvalue weighted by Crippen LogP contribution is -2.30. The van der Waals surface area contributed by atoms with E-state index in [0.29, 0.717) is 12.4 Å². The third-order valence-corrected chi connectivity index (χ3v) is 3.67. The molecule has 6 nitrogen and oxygen atoms in total. The predicted molar refractivity (Wildman–Crippen MR) is 69.8 cm³/mol. The van der Waals surface area contributed by atoms with E-state index >= 15 is 0 Å². The van der Waals surface area contributed by atoms with Crippen molar-refractivity contribution < 1.29 is 14.6 Å². The van der Waals surface area contributed by atoms with Crippen LogP contribution in [0.5, 0.6) is 0 Å². The maximum Gasteiger partial charge on any atom is 0.376 e. The van der Waals surface area contributed by atoms with Crippen LogP contribution in [-0.4, -0.2) is 41.3 Å². The van der Waals surface area contributed by atoms with E-state index in [1.807, 2.05) is 0 Å². The van der Waals surface area contributed by atoms with Crippen molar-refractivity contribution in [3.8, 4) is 0 Å². The summed E-state index contributed by atoms with van der Waals surface area (Å²) >= 11 is 0. The minimum atomic E-state index is -0.554. The van der Waals surface area contributed by atoms with Crippen molar-refractivity contribution in [2.45, 2.75) is 25.7 Å². The van der Waals surface area contributed by atoms with Gasteiger partial charge in [-0.2, -0.15) is 0 Å². The molecule has 104 valence electrons. The number of carbonyl (C=O) groups is 1. The number of aliphatic hydroxyl groups excluding tert-OH is 1. The molecule has 0 aliphatic heterocycles. The van der Waals surface area contributed by atoms with E-state index in [1.54, 1.807) is 6.07 Å². The van der Waals surface area contributed by atoms with Crippen LogP contribution in [-0.2, 0) is 4.74 Å². The van der Waals surface area contributed by atoms with Crippen LogP contribution in [0.3, 0.4) is 0 Å². The van der Waals surface area contributed by atoms with Gasteiger partial charge >= 0.3 is 5.97 Å². The van der Waals surface area contributed by atoms with E-state index in [0.717, 1.165) is 25.7 Å². The molecule has 1 heterocycles. The Bertz CT molecular complexity index is 445. The van der Waals surface area contributed by atoms with Crippen molar-refractivity contribution in [2.75, 3.05) is 25.6 Å². The van der Waals surface area contributed by atoms with Gasteiger partial charge in [-0.15, -0.1) is 0 Å². The van der Waals surface area contributed by atoms with Crippen molar-refractivity contribution in [1.82, 2.24) is 9.97 Å². The number of esters is 1. The third kappa shape index (κ3) is 3.20. The monoisotopic (exact) mass is 265 g/mol. The molecule has 1 aromatic rings. The normalized spacial score (nSPS) is 17.2. The van der Waals surface area contributed by atoms with E-state index in [2.05, 4.69) is 20.0 Å². The fraction of sp³-hybridized carbons (Fsp3) is 0.615. The molecule has 0 aromatic carbocycles. The molecule has 0 radical (unpaired) electrons. The summed E-state index contributed by atoms with van der Waals surface area (Å²) in [4.78, 5) is 19.3. The lowest BCUT2D eigenvalue weighted by molar-refractivity contribution is 0.0587. The van der Waals surface area contributed by atoms with Crippen LogP contribution in [0.2, 0.25) is 0 Å². The summed E-state index contributed by atoms with van der Waals surface area (Å²) in [5, 5.41) is 12.7. The van der Waals surface area contributed by atoms with Crippen LogP contribution in [0.1, 0.15) is 36.3 Å². The first-order valence-electron chi connectivity index (χ1n) is 6.45. The summed E-state index contributed by atoms with van der Waals surface area (Å²) in [5.74, 6) is 0.0634. The van der Waals surface area contributed by atoms with Gasteiger partial charge in [-0.1, -0.05) is 12.8 Å². The van der Waals surface area contributed by atoms with E-state index < -0.39 is 5.97 Å². The summed E-state index contributed by atoms with van der Waals surface area (Å²) in [7, 11) is 1.30. The van der Waals surface area contributed by atoms with E-state index in [1.165, 1.54) is 13.3 Å². The first kappa shape index (κ1) is 13.7. The van der Waals surface area contributed by atoms with Gasteiger partial charge in [-0.25, -0.2) is 14.8 Å². The van der Waals surface area contributed by atoms with E-state index in [-0.39, 0.29) is 17.8 Å². The minimum absolute atomic E-state index is 0.0389. The first-order chi connectivity index (χ1) is 9.19. The molecule has 19 heavy (non-hydrogen) atoms. The fourth-order valence-electron chi connectivity index (χ4n) is 2.44. The summed E-state index contributed by atoms with van der Waals surface area (Å²) in [6.45, 7) is 0.829. The molecule has 1 aliphatic carbocycles. The highest BCUT2D eigenvalue weighted by Crippen LogP contribution is 2.37. The summed E-state index contributed by atoms with van der Waals surface area (Å²) in [6, 6.07) is 1.70. The Morgan fingerprint density at radius 1 is 1.53 bits per heavy atom. The van der Waals surface area contributed by atoms with Gasteiger partial charge in [0.25, 0.3) is 0 Å². The highest BCUT2D eigenvalue weighted by Gasteiger charge is 2.33. The van der Waals surface area contributed by atoms with Gasteiger partial charge in [0.2, 0.25) is 5.82 Å². The number of anilines is 1. The Kier molecular flexibility index (Phi) is 4.31. The first-order valence-corrected chi connectivity index (χ1v) is 6.45. The topological polar surface area (TPSA) is 84.3 Å². The van der Waals surface area contributed by atoms with Crippen molar-refractivity contribution in [3.05, 3.63) is 18.1 Å². The summed E-state index contributed by atoms with van der Waals surface area (Å²) < 4.78 is 4.58. The van der Waals surface area contributed by atoms with Crippen molar-refractivity contribution in [1.29, 1.82) is 0 Å². The zero-order valence-electron chi connectivity index (χ0n) is 11.1. The molecule has 0 spiro atoms. The number of nitrogens with one attached hydrogen (secondary N) is 1. The number of carbonyl (C=O) groups excluding carboxylic acids is 1. The lowest BCUT2D eigenvalue weighted by Gasteiger charge is -2.26. The molecule has 0 saturated heterocycles. The van der Waals surface area contributed by atoms with Crippen LogP contribution in [0.15, 0.2) is 12.3 Å². The van der Waals surface area contributed by atoms with E-state index in [4.69, 9.17) is 0 Å². The van der Waals surface area contributed by atoms with Gasteiger partial charge in [-0.05, 0) is 18.9 Å². The molecule has 0 bridgehead atoms. The Morgan fingerprint density at radius 2 is 2.26 bits per heavy atom. The molecular formula is C13H19N3O3. The average molecular weight is 265 g/mol. The molecule has 6 heteroatoms. The molecule has 1 aliphatic rings. The third-order valence-electron chi connectivity index (χ3n) is 3.67. The van der Waals surface area contributed by atoms with Crippen LogP contribution in [0, 0.1) is 5.41 Å². The SMILES string of the molecule is COC(=O)c1nccc(NCC2(CO)CCCC2)n1. The molecule has 1 fully saturated rings. The lowest BCUT2D eigenvalue weighted by atomic mass is 9.87. The maximum absolute atomic E-state index is 11.3. The van der Waals surface area contributed by atoms with Gasteiger partial charge in [0, 0.05) is 18.2 Å². The molecule has 1 aromatic heterocycles. The molecule has 2 rings (SSSR count). The van der Waals surface area contributed by atoms with Gasteiger partial charge in [0.15, 0.2) is 0 Å². The second-order valence-corrected chi connectivity index (χ2v) is 4.98. The average Bonchev–Trinajstić information content (AvgIpc) is 2.94. The van der Waals surface area contributed by atoms with Crippen molar-refractivity contribution in [3.63, 3.8) is 0 Å². The number of ether oxygens (including phenoxy) is 1. The number of hydrogen-bond donors (Lipinski definition) is 2. The van der Waals surface area contributed by atoms with Gasteiger partial charge in [-0.3, -0.25) is 0 Å². The van der Waals surface area contributed by atoms with Gasteiger partial charge in [0.05, 0.1) is 13.7 Å². The zero-order valence-corrected chi connectivity index (χ0v) is 11.1. The molecule has 0 unspecified atom stereocenters. The Hall–Kier alpha value is -1.69. The number of methoxy groups -OCH3 is 1. The second kappa shape index (κ2) is 5.97. The highest BCUT2D eigenvalue weighted by molar-refractivity contribution is 5.85. The summed E-state index contributed by atoms with van der Waals surface area (Å²) in [6.07, 6.45) is 5.86. The standard InChI is InChI=1S/C13H19N3O3/c1-19-12(18)11-14-7-4-10(16-11)15-8-13(9-17)5-2-3-6-13/h4,7,17H,2-3,5-6,8-9H2,1H3,(H,14,15,16). The largest absolute Gasteiger partial charge is 0.463 e. The Labute approximate surface area is 112 Å². The quantitative estimate of drug-likeness (QED) is 0.779. The van der Waals surface area contributed by atoms with Crippen LogP contribution < -0.4 is 5.32 Å². The highest BCUT2D eigenvalue weighted by atomic mass is 16.5. The number of rotatable bonds is 5. The molecule has 2 N–H and O–H groups in total. The smallest absolute Gasteiger partial charge is 0.376 e. The van der Waals surface area contributed by atoms with Crippen molar-refractivity contribution >= 4 is 11.8 Å². The summed E-state index contributed by atoms with van der Waals surface area (Å²) in [5.41, 5.74) is -0.0591. The zero-order chi connectivity index (χ0) is 13.7. The predicted octanol–water partition coefficient (Wildman–Crippen LogP) is 1.23. The number of aliphatic hydroxyl groups is 1. The molecule has 0 atom stereocenters. The van der Waals surface area contributed by atoms with Crippen LogP contribution in [0.25, 0.3) is 0 Å².